The van der Waals surface area contributed by atoms with E-state index in [1.807, 2.05) is 12.4 Å². The molecule has 0 saturated heterocycles. The number of ether oxygens (including phenoxy) is 1. The van der Waals surface area contributed by atoms with Gasteiger partial charge in [-0.15, -0.1) is 11.3 Å². The number of hydrogen-bond donors (Lipinski definition) is 0. The van der Waals surface area contributed by atoms with Gasteiger partial charge in [0, 0.05) is 67.1 Å². The molecule has 0 unspecified atom stereocenters. The molecule has 0 spiro atoms. The van der Waals surface area contributed by atoms with Gasteiger partial charge in [-0.3, -0.25) is 0 Å². The fraction of sp³-hybridized carbons (Fsp3) is 0.560. The van der Waals surface area contributed by atoms with Crippen molar-refractivity contribution in [2.45, 2.75) is 76.9 Å². The van der Waals surface area contributed by atoms with Crippen LogP contribution in [0.2, 0.25) is 0 Å². The van der Waals surface area contributed by atoms with E-state index in [9.17, 15) is 8.42 Å². The van der Waals surface area contributed by atoms with Gasteiger partial charge < -0.3 is 4.74 Å². The van der Waals surface area contributed by atoms with E-state index in [0.717, 1.165) is 73.3 Å². The van der Waals surface area contributed by atoms with Crippen LogP contribution in [0.3, 0.4) is 0 Å². The molecule has 3 aromatic heterocycles. The monoisotopic (exact) mass is 528 g/mol. The van der Waals surface area contributed by atoms with E-state index in [1.165, 1.54) is 15.6 Å². The van der Waals surface area contributed by atoms with Crippen LogP contribution in [0.5, 0.6) is 6.01 Å². The van der Waals surface area contributed by atoms with Crippen molar-refractivity contribution >= 4 is 21.4 Å². The summed E-state index contributed by atoms with van der Waals surface area (Å²) in [6, 6.07) is 0.476. The zero-order valence-electron chi connectivity index (χ0n) is 20.8. The van der Waals surface area contributed by atoms with Crippen LogP contribution in [-0.2, 0) is 42.3 Å². The van der Waals surface area contributed by atoms with Gasteiger partial charge in [0.05, 0.1) is 17.0 Å². The Bertz CT molecular complexity index is 1290. The standard InChI is InChI=1S/C25H32N6O3S2/c1-3-17-12-27-25(28-13-17)34-21-7-4-18(5-8-21)24-29-20(16-35-24)6-9-23-26-14-19-15-31(36(2,32)33)11-10-22(19)30-23/h12-14,16,18,21H,3-11,15H2,1-2H3. The molecule has 0 atom stereocenters. The summed E-state index contributed by atoms with van der Waals surface area (Å²) in [7, 11) is -3.19. The van der Waals surface area contributed by atoms with E-state index in [1.54, 1.807) is 17.5 Å². The molecule has 0 aromatic carbocycles. The average Bonchev–Trinajstić information content (AvgIpc) is 3.36. The zero-order valence-corrected chi connectivity index (χ0v) is 22.4. The maximum absolute atomic E-state index is 11.8. The van der Waals surface area contributed by atoms with Crippen LogP contribution >= 0.6 is 11.3 Å². The largest absolute Gasteiger partial charge is 0.460 e. The highest BCUT2D eigenvalue weighted by molar-refractivity contribution is 7.88. The number of sulfonamides is 1. The molecule has 3 aromatic rings. The van der Waals surface area contributed by atoms with Crippen molar-refractivity contribution < 1.29 is 13.2 Å². The highest BCUT2D eigenvalue weighted by Crippen LogP contribution is 2.35. The summed E-state index contributed by atoms with van der Waals surface area (Å²) in [5, 5.41) is 3.36. The minimum absolute atomic E-state index is 0.166. The second kappa shape index (κ2) is 10.9. The summed E-state index contributed by atoms with van der Waals surface area (Å²) in [6.45, 7) is 2.92. The third-order valence-corrected chi connectivity index (χ3v) is 9.28. The van der Waals surface area contributed by atoms with Crippen LogP contribution in [-0.4, -0.2) is 56.5 Å². The van der Waals surface area contributed by atoms with Gasteiger partial charge in [0.2, 0.25) is 10.0 Å². The lowest BCUT2D eigenvalue weighted by molar-refractivity contribution is 0.134. The molecule has 11 heteroatoms. The summed E-state index contributed by atoms with van der Waals surface area (Å²) < 4.78 is 31.1. The normalized spacial score (nSPS) is 20.7. The van der Waals surface area contributed by atoms with Gasteiger partial charge in [0.15, 0.2) is 0 Å². The number of aryl methyl sites for hydroxylation is 3. The lowest BCUT2D eigenvalue weighted by atomic mass is 9.88. The number of rotatable bonds is 8. The molecule has 1 aliphatic carbocycles. The first-order chi connectivity index (χ1) is 17.4. The predicted molar refractivity (Wildman–Crippen MR) is 138 cm³/mol. The first-order valence-corrected chi connectivity index (χ1v) is 15.3. The molecular formula is C25H32N6O3S2. The van der Waals surface area contributed by atoms with Gasteiger partial charge in [-0.1, -0.05) is 6.92 Å². The molecular weight excluding hydrogens is 496 g/mol. The molecule has 36 heavy (non-hydrogen) atoms. The molecule has 2 aliphatic rings. The van der Waals surface area contributed by atoms with Crippen LogP contribution in [0.25, 0.3) is 0 Å². The molecule has 1 aliphatic heterocycles. The Morgan fingerprint density at radius 3 is 2.56 bits per heavy atom. The second-order valence-corrected chi connectivity index (χ2v) is 12.5. The van der Waals surface area contributed by atoms with Crippen LogP contribution in [0.15, 0.2) is 24.0 Å². The molecule has 0 amide bonds. The Morgan fingerprint density at radius 1 is 1.06 bits per heavy atom. The predicted octanol–water partition coefficient (Wildman–Crippen LogP) is 3.49. The third-order valence-electron chi connectivity index (χ3n) is 6.98. The lowest BCUT2D eigenvalue weighted by Crippen LogP contribution is -2.35. The van der Waals surface area contributed by atoms with Crippen molar-refractivity contribution in [1.29, 1.82) is 0 Å². The van der Waals surface area contributed by atoms with Crippen LogP contribution in [0.4, 0.5) is 0 Å². The van der Waals surface area contributed by atoms with Crippen molar-refractivity contribution in [2.24, 2.45) is 0 Å². The fourth-order valence-electron chi connectivity index (χ4n) is 4.76. The topological polar surface area (TPSA) is 111 Å². The Morgan fingerprint density at radius 2 is 1.83 bits per heavy atom. The van der Waals surface area contributed by atoms with Crippen molar-refractivity contribution in [2.75, 3.05) is 12.8 Å². The van der Waals surface area contributed by atoms with Crippen molar-refractivity contribution in [1.82, 2.24) is 29.2 Å². The number of nitrogens with zero attached hydrogens (tertiary/aromatic N) is 6. The molecule has 0 bridgehead atoms. The van der Waals surface area contributed by atoms with Gasteiger partial charge in [-0.2, -0.15) is 4.31 Å². The van der Waals surface area contributed by atoms with Gasteiger partial charge in [0.25, 0.3) is 0 Å². The van der Waals surface area contributed by atoms with E-state index in [2.05, 4.69) is 27.3 Å². The molecule has 0 radical (unpaired) electrons. The van der Waals surface area contributed by atoms with Gasteiger partial charge in [0.1, 0.15) is 11.9 Å². The van der Waals surface area contributed by atoms with E-state index in [4.69, 9.17) is 14.7 Å². The van der Waals surface area contributed by atoms with Gasteiger partial charge in [-0.25, -0.2) is 33.3 Å². The molecule has 1 saturated carbocycles. The number of hydrogen-bond acceptors (Lipinski definition) is 9. The van der Waals surface area contributed by atoms with Crippen LogP contribution in [0, 0.1) is 0 Å². The van der Waals surface area contributed by atoms with Crippen molar-refractivity contribution in [3.05, 3.63) is 57.3 Å². The maximum Gasteiger partial charge on any atom is 0.316 e. The van der Waals surface area contributed by atoms with Crippen molar-refractivity contribution in [3.8, 4) is 6.01 Å². The lowest BCUT2D eigenvalue weighted by Gasteiger charge is -2.27. The van der Waals surface area contributed by atoms with Crippen LogP contribution in [0.1, 0.15) is 71.9 Å². The summed E-state index contributed by atoms with van der Waals surface area (Å²) in [5.41, 5.74) is 4.06. The zero-order chi connectivity index (χ0) is 25.1. The summed E-state index contributed by atoms with van der Waals surface area (Å²) in [5.74, 6) is 1.27. The smallest absolute Gasteiger partial charge is 0.316 e. The summed E-state index contributed by atoms with van der Waals surface area (Å²) >= 11 is 1.75. The average molecular weight is 529 g/mol. The maximum atomic E-state index is 11.8. The Hall–Kier alpha value is -2.50. The number of fused-ring (bicyclic) bond motifs is 1. The highest BCUT2D eigenvalue weighted by Gasteiger charge is 2.27. The number of thiazole rings is 1. The molecule has 1 fully saturated rings. The Labute approximate surface area is 216 Å². The fourth-order valence-corrected chi connectivity index (χ4v) is 6.59. The molecule has 192 valence electrons. The van der Waals surface area contributed by atoms with E-state index < -0.39 is 10.0 Å². The molecule has 5 rings (SSSR count). The summed E-state index contributed by atoms with van der Waals surface area (Å²) in [6.07, 6.45) is 14.0. The first-order valence-electron chi connectivity index (χ1n) is 12.6. The third kappa shape index (κ3) is 6.07. The van der Waals surface area contributed by atoms with E-state index >= 15 is 0 Å². The van der Waals surface area contributed by atoms with Crippen LogP contribution < -0.4 is 4.74 Å². The molecule has 0 N–H and O–H groups in total. The molecule has 4 heterocycles. The molecule has 9 nitrogen and oxygen atoms in total. The minimum Gasteiger partial charge on any atom is -0.460 e. The quantitative estimate of drug-likeness (QED) is 0.437. The Kier molecular flexibility index (Phi) is 7.59. The second-order valence-electron chi connectivity index (χ2n) is 9.60. The Balaban J connectivity index is 1.11. The van der Waals surface area contributed by atoms with E-state index in [-0.39, 0.29) is 6.10 Å². The highest BCUT2D eigenvalue weighted by atomic mass is 32.2. The summed E-state index contributed by atoms with van der Waals surface area (Å²) in [4.78, 5) is 22.8. The van der Waals surface area contributed by atoms with Crippen molar-refractivity contribution in [3.63, 3.8) is 0 Å². The minimum atomic E-state index is -3.19. The van der Waals surface area contributed by atoms with Gasteiger partial charge >= 0.3 is 6.01 Å². The van der Waals surface area contributed by atoms with E-state index in [0.29, 0.717) is 31.4 Å². The first kappa shape index (κ1) is 25.2. The SMILES string of the molecule is CCc1cnc(OC2CCC(c3nc(CCc4ncc5c(n4)CCN(S(C)(=O)=O)C5)cs3)CC2)nc1. The van der Waals surface area contributed by atoms with Gasteiger partial charge in [-0.05, 0) is 44.1 Å². The number of aromatic nitrogens is 5.